The van der Waals surface area contributed by atoms with Gasteiger partial charge in [0.2, 0.25) is 10.0 Å². The maximum atomic E-state index is 12.1. The van der Waals surface area contributed by atoms with Crippen LogP contribution in [0.1, 0.15) is 6.92 Å². The lowest BCUT2D eigenvalue weighted by Crippen LogP contribution is -2.43. The fourth-order valence-electron chi connectivity index (χ4n) is 1.24. The zero-order valence-corrected chi connectivity index (χ0v) is 13.0. The SMILES string of the molecule is COc1ccc(Br)cc1S(=O)(=O)NCC(C)(O)CO. The molecular formula is C11H16BrNO5S. The van der Waals surface area contributed by atoms with Gasteiger partial charge in [0.15, 0.2) is 0 Å². The van der Waals surface area contributed by atoms with Crippen LogP contribution in [0.2, 0.25) is 0 Å². The summed E-state index contributed by atoms with van der Waals surface area (Å²) in [5, 5.41) is 18.5. The summed E-state index contributed by atoms with van der Waals surface area (Å²) in [5.74, 6) is 0.194. The molecule has 0 amide bonds. The van der Waals surface area contributed by atoms with Gasteiger partial charge >= 0.3 is 0 Å². The average molecular weight is 354 g/mol. The molecule has 19 heavy (non-hydrogen) atoms. The Morgan fingerprint density at radius 2 is 2.11 bits per heavy atom. The van der Waals surface area contributed by atoms with Crippen LogP contribution < -0.4 is 9.46 Å². The normalized spacial score (nSPS) is 15.0. The van der Waals surface area contributed by atoms with Crippen LogP contribution in [0.25, 0.3) is 0 Å². The highest BCUT2D eigenvalue weighted by molar-refractivity contribution is 9.10. The van der Waals surface area contributed by atoms with Crippen LogP contribution in [0, 0.1) is 0 Å². The van der Waals surface area contributed by atoms with Gasteiger partial charge in [0.1, 0.15) is 10.6 Å². The summed E-state index contributed by atoms with van der Waals surface area (Å²) in [4.78, 5) is -0.0434. The van der Waals surface area contributed by atoms with Crippen molar-refractivity contribution in [3.05, 3.63) is 22.7 Å². The number of benzene rings is 1. The first-order valence-electron chi connectivity index (χ1n) is 5.38. The van der Waals surface area contributed by atoms with Crippen molar-refractivity contribution in [1.82, 2.24) is 4.72 Å². The molecule has 0 saturated carbocycles. The largest absolute Gasteiger partial charge is 0.495 e. The fraction of sp³-hybridized carbons (Fsp3) is 0.455. The van der Waals surface area contributed by atoms with E-state index in [1.54, 1.807) is 6.07 Å². The van der Waals surface area contributed by atoms with E-state index in [4.69, 9.17) is 9.84 Å². The van der Waals surface area contributed by atoms with Crippen molar-refractivity contribution in [2.45, 2.75) is 17.4 Å². The van der Waals surface area contributed by atoms with Crippen LogP contribution in [-0.2, 0) is 10.0 Å². The van der Waals surface area contributed by atoms with Gasteiger partial charge in [-0.2, -0.15) is 0 Å². The number of methoxy groups -OCH3 is 1. The van der Waals surface area contributed by atoms with Crippen molar-refractivity contribution in [1.29, 1.82) is 0 Å². The van der Waals surface area contributed by atoms with E-state index in [9.17, 15) is 13.5 Å². The van der Waals surface area contributed by atoms with Crippen molar-refractivity contribution in [3.8, 4) is 5.75 Å². The van der Waals surface area contributed by atoms with Crippen LogP contribution in [-0.4, -0.2) is 44.5 Å². The number of hydrogen-bond donors (Lipinski definition) is 3. The lowest BCUT2D eigenvalue weighted by atomic mass is 10.1. The molecule has 0 radical (unpaired) electrons. The van der Waals surface area contributed by atoms with E-state index in [-0.39, 0.29) is 17.2 Å². The van der Waals surface area contributed by atoms with E-state index in [1.807, 2.05) is 0 Å². The van der Waals surface area contributed by atoms with Gasteiger partial charge in [-0.15, -0.1) is 0 Å². The first kappa shape index (κ1) is 16.4. The first-order valence-corrected chi connectivity index (χ1v) is 7.66. The molecule has 108 valence electrons. The van der Waals surface area contributed by atoms with Gasteiger partial charge in [-0.05, 0) is 25.1 Å². The smallest absolute Gasteiger partial charge is 0.244 e. The van der Waals surface area contributed by atoms with E-state index in [0.717, 1.165) is 0 Å². The van der Waals surface area contributed by atoms with Crippen LogP contribution in [0.4, 0.5) is 0 Å². The molecule has 1 aromatic carbocycles. The lowest BCUT2D eigenvalue weighted by molar-refractivity contribution is 0.00680. The zero-order chi connectivity index (χ0) is 14.7. The summed E-state index contributed by atoms with van der Waals surface area (Å²) in [6.07, 6.45) is 0. The molecule has 3 N–H and O–H groups in total. The number of sulfonamides is 1. The molecular weight excluding hydrogens is 338 g/mol. The van der Waals surface area contributed by atoms with E-state index in [2.05, 4.69) is 20.7 Å². The molecule has 0 aromatic heterocycles. The molecule has 0 spiro atoms. The van der Waals surface area contributed by atoms with Crippen molar-refractivity contribution in [2.24, 2.45) is 0 Å². The van der Waals surface area contributed by atoms with E-state index in [1.165, 1.54) is 26.2 Å². The summed E-state index contributed by atoms with van der Waals surface area (Å²) in [7, 11) is -2.48. The highest BCUT2D eigenvalue weighted by Crippen LogP contribution is 2.27. The Kier molecular flexibility index (Phi) is 5.34. The van der Waals surface area contributed by atoms with Crippen molar-refractivity contribution in [3.63, 3.8) is 0 Å². The Labute approximate surface area is 120 Å². The third kappa shape index (κ3) is 4.43. The van der Waals surface area contributed by atoms with Crippen LogP contribution in [0.5, 0.6) is 5.75 Å². The third-order valence-electron chi connectivity index (χ3n) is 2.40. The number of rotatable bonds is 6. The second-order valence-electron chi connectivity index (χ2n) is 4.27. The average Bonchev–Trinajstić information content (AvgIpc) is 2.37. The van der Waals surface area contributed by atoms with Crippen molar-refractivity contribution < 1.29 is 23.4 Å². The molecule has 6 nitrogen and oxygen atoms in total. The Balaban J connectivity index is 3.04. The Bertz CT molecular complexity index is 544. The number of aliphatic hydroxyl groups is 2. The Hall–Kier alpha value is -0.670. The summed E-state index contributed by atoms with van der Waals surface area (Å²) < 4.78 is 32.1. The summed E-state index contributed by atoms with van der Waals surface area (Å²) in [5.41, 5.74) is -1.52. The molecule has 0 aliphatic carbocycles. The van der Waals surface area contributed by atoms with Gasteiger partial charge in [0.25, 0.3) is 0 Å². The van der Waals surface area contributed by atoms with Crippen LogP contribution in [0.3, 0.4) is 0 Å². The maximum absolute atomic E-state index is 12.1. The predicted molar refractivity (Wildman–Crippen MR) is 73.6 cm³/mol. The minimum Gasteiger partial charge on any atom is -0.495 e. The lowest BCUT2D eigenvalue weighted by Gasteiger charge is -2.21. The highest BCUT2D eigenvalue weighted by atomic mass is 79.9. The summed E-state index contributed by atoms with van der Waals surface area (Å²) in [6.45, 7) is 0.473. The molecule has 0 aliphatic heterocycles. The van der Waals surface area contributed by atoms with Crippen molar-refractivity contribution >= 4 is 26.0 Å². The number of hydrogen-bond acceptors (Lipinski definition) is 5. The Morgan fingerprint density at radius 1 is 1.47 bits per heavy atom. The second-order valence-corrected chi connectivity index (χ2v) is 6.93. The van der Waals surface area contributed by atoms with Gasteiger partial charge < -0.3 is 14.9 Å². The van der Waals surface area contributed by atoms with Gasteiger partial charge in [-0.25, -0.2) is 13.1 Å². The van der Waals surface area contributed by atoms with Gasteiger partial charge in [-0.3, -0.25) is 0 Å². The molecule has 0 heterocycles. The monoisotopic (exact) mass is 353 g/mol. The van der Waals surface area contributed by atoms with Crippen molar-refractivity contribution in [2.75, 3.05) is 20.3 Å². The summed E-state index contributed by atoms with van der Waals surface area (Å²) >= 11 is 3.19. The molecule has 8 heteroatoms. The maximum Gasteiger partial charge on any atom is 0.244 e. The quantitative estimate of drug-likeness (QED) is 0.691. The first-order chi connectivity index (χ1) is 8.72. The van der Waals surface area contributed by atoms with Gasteiger partial charge in [-0.1, -0.05) is 15.9 Å². The fourth-order valence-corrected chi connectivity index (χ4v) is 3.11. The standard InChI is InChI=1S/C11H16BrNO5S/c1-11(15,7-14)6-13-19(16,17)10-5-8(12)3-4-9(10)18-2/h3-5,13-15H,6-7H2,1-2H3. The summed E-state index contributed by atoms with van der Waals surface area (Å²) in [6, 6.07) is 4.57. The molecule has 0 aliphatic rings. The number of aliphatic hydroxyl groups excluding tert-OH is 1. The second kappa shape index (κ2) is 6.19. The third-order valence-corrected chi connectivity index (χ3v) is 4.31. The zero-order valence-electron chi connectivity index (χ0n) is 10.6. The minimum absolute atomic E-state index is 0.0434. The molecule has 1 atom stereocenters. The molecule has 1 unspecified atom stereocenters. The number of halogens is 1. The highest BCUT2D eigenvalue weighted by Gasteiger charge is 2.25. The van der Waals surface area contributed by atoms with Gasteiger partial charge in [0.05, 0.1) is 19.3 Å². The molecule has 1 aromatic rings. The van der Waals surface area contributed by atoms with E-state index < -0.39 is 22.2 Å². The minimum atomic E-state index is -3.84. The van der Waals surface area contributed by atoms with Crippen LogP contribution >= 0.6 is 15.9 Å². The topological polar surface area (TPSA) is 95.9 Å². The molecule has 0 fully saturated rings. The van der Waals surface area contributed by atoms with E-state index in [0.29, 0.717) is 4.47 Å². The number of ether oxygens (including phenoxy) is 1. The predicted octanol–water partition coefficient (Wildman–Crippen LogP) is 0.479. The molecule has 0 saturated heterocycles. The number of nitrogens with one attached hydrogen (secondary N) is 1. The van der Waals surface area contributed by atoms with Gasteiger partial charge in [0, 0.05) is 11.0 Å². The molecule has 0 bridgehead atoms. The Morgan fingerprint density at radius 3 is 2.63 bits per heavy atom. The van der Waals surface area contributed by atoms with E-state index >= 15 is 0 Å². The van der Waals surface area contributed by atoms with Crippen LogP contribution in [0.15, 0.2) is 27.6 Å². The molecule has 1 rings (SSSR count).